The molecule has 0 saturated heterocycles. The van der Waals surface area contributed by atoms with Gasteiger partial charge in [0.15, 0.2) is 5.76 Å². The summed E-state index contributed by atoms with van der Waals surface area (Å²) in [5, 5.41) is 25.4. The fraction of sp³-hybridized carbons (Fsp3) is 0.286. The fourth-order valence-corrected chi connectivity index (χ4v) is 4.91. The van der Waals surface area contributed by atoms with Crippen molar-refractivity contribution in [1.29, 1.82) is 0 Å². The van der Waals surface area contributed by atoms with Crippen LogP contribution >= 0.6 is 0 Å². The SMILES string of the molecule is Cc1ccc(C2=C(N=NNC(=O)Nc3ccc(-c4ccc(NCCCCO)nc4)c4ccccc34)CC(C(C)(C)C)=CO2)cn1. The summed E-state index contributed by atoms with van der Waals surface area (Å²) in [5.41, 5.74) is 8.34. The van der Waals surface area contributed by atoms with Crippen molar-refractivity contribution in [3.63, 3.8) is 0 Å². The number of benzene rings is 2. The van der Waals surface area contributed by atoms with Crippen LogP contribution in [0.4, 0.5) is 16.3 Å². The van der Waals surface area contributed by atoms with Gasteiger partial charge in [-0.25, -0.2) is 15.2 Å². The monoisotopic (exact) mass is 605 g/mol. The summed E-state index contributed by atoms with van der Waals surface area (Å²) in [4.78, 5) is 21.9. The maximum atomic E-state index is 13.0. The quantitative estimate of drug-likeness (QED) is 0.0822. The molecular weight excluding hydrogens is 566 g/mol. The molecule has 2 aromatic carbocycles. The summed E-state index contributed by atoms with van der Waals surface area (Å²) >= 11 is 0. The smallest absolute Gasteiger partial charge is 0.341 e. The molecule has 10 heteroatoms. The fourth-order valence-electron chi connectivity index (χ4n) is 4.91. The number of nitrogens with zero attached hydrogens (tertiary/aromatic N) is 4. The van der Waals surface area contributed by atoms with Crippen LogP contribution in [0.2, 0.25) is 0 Å². The van der Waals surface area contributed by atoms with Gasteiger partial charge in [0, 0.05) is 54.2 Å². The van der Waals surface area contributed by atoms with Crippen LogP contribution in [0.15, 0.2) is 101 Å². The first-order chi connectivity index (χ1) is 21.7. The Balaban J connectivity index is 1.30. The highest BCUT2D eigenvalue weighted by molar-refractivity contribution is 6.07. The van der Waals surface area contributed by atoms with Gasteiger partial charge in [0.2, 0.25) is 0 Å². The molecule has 4 aromatic rings. The molecule has 2 aromatic heterocycles. The lowest BCUT2D eigenvalue weighted by Gasteiger charge is -2.27. The maximum absolute atomic E-state index is 13.0. The molecule has 0 fully saturated rings. The second-order valence-electron chi connectivity index (χ2n) is 11.9. The molecule has 0 unspecified atom stereocenters. The molecule has 232 valence electrons. The largest absolute Gasteiger partial charge is 0.462 e. The number of fused-ring (bicyclic) bond motifs is 1. The number of carbonyl (C=O) groups excluding carboxylic acids is 1. The van der Waals surface area contributed by atoms with Crippen LogP contribution in [0.3, 0.4) is 0 Å². The van der Waals surface area contributed by atoms with Gasteiger partial charge in [-0.05, 0) is 72.0 Å². The van der Waals surface area contributed by atoms with Gasteiger partial charge in [0.25, 0.3) is 0 Å². The van der Waals surface area contributed by atoms with E-state index in [2.05, 4.69) is 57.1 Å². The Hall–Kier alpha value is -5.09. The van der Waals surface area contributed by atoms with Crippen molar-refractivity contribution in [3.8, 4) is 11.1 Å². The van der Waals surface area contributed by atoms with Crippen molar-refractivity contribution in [2.45, 2.75) is 47.0 Å². The zero-order chi connectivity index (χ0) is 31.8. The molecule has 45 heavy (non-hydrogen) atoms. The minimum absolute atomic E-state index is 0.120. The van der Waals surface area contributed by atoms with E-state index in [9.17, 15) is 4.79 Å². The lowest BCUT2D eigenvalue weighted by Crippen LogP contribution is -2.24. The number of aromatic nitrogens is 2. The van der Waals surface area contributed by atoms with E-state index in [-0.39, 0.29) is 12.0 Å². The van der Waals surface area contributed by atoms with Crippen molar-refractivity contribution < 1.29 is 14.6 Å². The number of anilines is 2. The third-order valence-electron chi connectivity index (χ3n) is 7.54. The van der Waals surface area contributed by atoms with E-state index in [1.165, 1.54) is 0 Å². The Morgan fingerprint density at radius 2 is 1.73 bits per heavy atom. The van der Waals surface area contributed by atoms with Crippen molar-refractivity contribution in [3.05, 3.63) is 102 Å². The molecule has 4 N–H and O–H groups in total. The number of urea groups is 1. The summed E-state index contributed by atoms with van der Waals surface area (Å²) in [7, 11) is 0. The number of aliphatic hydroxyl groups is 1. The van der Waals surface area contributed by atoms with Crippen LogP contribution in [-0.2, 0) is 4.74 Å². The third kappa shape index (κ3) is 7.90. The predicted octanol–water partition coefficient (Wildman–Crippen LogP) is 8.00. The number of aliphatic hydroxyl groups excluding tert-OH is 1. The lowest BCUT2D eigenvalue weighted by atomic mass is 9.83. The second kappa shape index (κ2) is 14.1. The Morgan fingerprint density at radius 3 is 2.44 bits per heavy atom. The molecule has 3 heterocycles. The molecule has 0 atom stereocenters. The molecule has 5 rings (SSSR count). The van der Waals surface area contributed by atoms with Crippen molar-refractivity contribution >= 4 is 34.1 Å². The van der Waals surface area contributed by atoms with Crippen LogP contribution in [0, 0.1) is 12.3 Å². The number of amides is 2. The molecule has 10 nitrogen and oxygen atoms in total. The number of hydrogen-bond donors (Lipinski definition) is 4. The maximum Gasteiger partial charge on any atom is 0.341 e. The van der Waals surface area contributed by atoms with E-state index in [0.717, 1.165) is 63.9 Å². The Bertz CT molecular complexity index is 1740. The third-order valence-corrected chi connectivity index (χ3v) is 7.54. The number of ether oxygens (including phenoxy) is 1. The standard InChI is InChI=1S/C35H39N7O3/c1-23-11-12-25(21-37-23)33-31(19-26(22-45-33)35(2,3)4)40-42-41-34(44)39-30-15-14-27(28-9-5-6-10-29(28)30)24-13-16-32(38-20-24)36-17-7-8-18-43/h5-6,9-16,20-22,43H,7-8,17-19H2,1-4H3,(H,36,38)(H2,39,40,41,44). The number of unbranched alkanes of at least 4 members (excludes halogenated alkanes) is 1. The van der Waals surface area contributed by atoms with Gasteiger partial charge in [-0.3, -0.25) is 4.98 Å². The van der Waals surface area contributed by atoms with Gasteiger partial charge in [-0.15, -0.1) is 5.11 Å². The van der Waals surface area contributed by atoms with Crippen LogP contribution < -0.4 is 16.1 Å². The number of rotatable bonds is 10. The first-order valence-corrected chi connectivity index (χ1v) is 15.1. The number of pyridine rings is 2. The zero-order valence-corrected chi connectivity index (χ0v) is 26.1. The van der Waals surface area contributed by atoms with E-state index in [4.69, 9.17) is 9.84 Å². The number of carbonyl (C=O) groups is 1. The Kier molecular flexibility index (Phi) is 9.84. The lowest BCUT2D eigenvalue weighted by molar-refractivity contribution is 0.252. The van der Waals surface area contributed by atoms with Crippen LogP contribution in [0.1, 0.15) is 51.3 Å². The van der Waals surface area contributed by atoms with Gasteiger partial charge in [-0.1, -0.05) is 56.3 Å². The zero-order valence-electron chi connectivity index (χ0n) is 26.1. The number of allylic oxidation sites excluding steroid dienone is 1. The number of hydrogen-bond acceptors (Lipinski definition) is 8. The van der Waals surface area contributed by atoms with E-state index >= 15 is 0 Å². The van der Waals surface area contributed by atoms with Gasteiger partial charge in [0.1, 0.15) is 11.5 Å². The van der Waals surface area contributed by atoms with E-state index in [0.29, 0.717) is 23.6 Å². The Morgan fingerprint density at radius 1 is 0.956 bits per heavy atom. The number of nitrogens with one attached hydrogen (secondary N) is 3. The molecular formula is C35H39N7O3. The molecule has 1 aliphatic heterocycles. The van der Waals surface area contributed by atoms with E-state index in [1.807, 2.05) is 73.8 Å². The molecule has 0 radical (unpaired) electrons. The summed E-state index contributed by atoms with van der Waals surface area (Å²) < 4.78 is 6.02. The molecule has 0 bridgehead atoms. The normalized spacial score (nSPS) is 13.5. The van der Waals surface area contributed by atoms with Gasteiger partial charge < -0.3 is 20.5 Å². The molecule has 0 saturated carbocycles. The van der Waals surface area contributed by atoms with Crippen molar-refractivity contribution in [2.24, 2.45) is 15.8 Å². The molecule has 1 aliphatic rings. The number of aryl methyl sites for hydroxylation is 1. The van der Waals surface area contributed by atoms with Gasteiger partial charge >= 0.3 is 6.03 Å². The molecule has 2 amide bonds. The minimum atomic E-state index is -0.516. The molecule has 0 spiro atoms. The highest BCUT2D eigenvalue weighted by atomic mass is 16.5. The van der Waals surface area contributed by atoms with Crippen LogP contribution in [0.5, 0.6) is 0 Å². The van der Waals surface area contributed by atoms with Crippen LogP contribution in [-0.4, -0.2) is 34.3 Å². The first kappa shape index (κ1) is 31.3. The van der Waals surface area contributed by atoms with E-state index < -0.39 is 6.03 Å². The second-order valence-corrected chi connectivity index (χ2v) is 11.9. The summed E-state index contributed by atoms with van der Waals surface area (Å²) in [6, 6.07) is 19.0. The minimum Gasteiger partial charge on any atom is -0.462 e. The van der Waals surface area contributed by atoms with Gasteiger partial charge in [-0.2, -0.15) is 0 Å². The van der Waals surface area contributed by atoms with Crippen molar-refractivity contribution in [2.75, 3.05) is 23.8 Å². The van der Waals surface area contributed by atoms with Crippen molar-refractivity contribution in [1.82, 2.24) is 15.4 Å². The highest BCUT2D eigenvalue weighted by Gasteiger charge is 2.26. The highest BCUT2D eigenvalue weighted by Crippen LogP contribution is 2.38. The Labute approximate surface area is 263 Å². The molecule has 0 aliphatic carbocycles. The summed E-state index contributed by atoms with van der Waals surface area (Å²) in [6.07, 6.45) is 7.51. The summed E-state index contributed by atoms with van der Waals surface area (Å²) in [5.74, 6) is 1.34. The summed E-state index contributed by atoms with van der Waals surface area (Å²) in [6.45, 7) is 9.21. The first-order valence-electron chi connectivity index (χ1n) is 15.1. The predicted molar refractivity (Wildman–Crippen MR) is 178 cm³/mol. The average Bonchev–Trinajstić information content (AvgIpc) is 3.04. The van der Waals surface area contributed by atoms with E-state index in [1.54, 1.807) is 12.5 Å². The average molecular weight is 606 g/mol. The van der Waals surface area contributed by atoms with Crippen LogP contribution in [0.25, 0.3) is 27.7 Å². The van der Waals surface area contributed by atoms with Gasteiger partial charge in [0.05, 0.1) is 11.9 Å². The topological polar surface area (TPSA) is 133 Å².